The van der Waals surface area contributed by atoms with Crippen molar-refractivity contribution in [2.75, 3.05) is 5.32 Å². The number of hydrogen-bond donors (Lipinski definition) is 2. The van der Waals surface area contributed by atoms with Crippen LogP contribution in [0.4, 0.5) is 5.13 Å². The molecule has 100 valence electrons. The Morgan fingerprint density at radius 2 is 1.94 bits per heavy atom. The molecule has 0 aliphatic rings. The number of carbonyl (C=O) groups excluding carboxylic acids is 1. The van der Waals surface area contributed by atoms with Gasteiger partial charge in [-0.2, -0.15) is 0 Å². The molecule has 1 rings (SSSR count). The number of carboxylic acids is 1. The van der Waals surface area contributed by atoms with E-state index in [0.717, 1.165) is 0 Å². The fraction of sp³-hybridized carbons (Fsp3) is 0.583. The van der Waals surface area contributed by atoms with Crippen LogP contribution in [0.2, 0.25) is 0 Å². The molecule has 0 atom stereocenters. The van der Waals surface area contributed by atoms with E-state index in [2.05, 4.69) is 10.3 Å². The Kier molecular flexibility index (Phi) is 4.11. The molecule has 1 aromatic rings. The predicted molar refractivity (Wildman–Crippen MR) is 70.6 cm³/mol. The van der Waals surface area contributed by atoms with Gasteiger partial charge in [0.1, 0.15) is 0 Å². The molecule has 1 amide bonds. The standard InChI is InChI=1S/C12H18N2O3S/c1-11(2,7-12(3,4)9(16)17)8(15)14-10-13-5-6-18-10/h5-6H,7H2,1-4H3,(H,16,17)(H,13,14,15). The molecule has 0 aromatic carbocycles. The van der Waals surface area contributed by atoms with Gasteiger partial charge in [0.25, 0.3) is 0 Å². The highest BCUT2D eigenvalue weighted by atomic mass is 32.1. The van der Waals surface area contributed by atoms with Gasteiger partial charge in [-0.1, -0.05) is 13.8 Å². The van der Waals surface area contributed by atoms with Gasteiger partial charge >= 0.3 is 5.97 Å². The summed E-state index contributed by atoms with van der Waals surface area (Å²) in [5.41, 5.74) is -1.71. The van der Waals surface area contributed by atoms with Crippen LogP contribution in [0.25, 0.3) is 0 Å². The van der Waals surface area contributed by atoms with Gasteiger partial charge in [0.15, 0.2) is 5.13 Å². The van der Waals surface area contributed by atoms with Crippen LogP contribution in [0.3, 0.4) is 0 Å². The van der Waals surface area contributed by atoms with Gasteiger partial charge in [-0.25, -0.2) is 4.98 Å². The fourth-order valence-corrected chi connectivity index (χ4v) is 2.34. The predicted octanol–water partition coefficient (Wildman–Crippen LogP) is 2.61. The second-order valence-corrected chi connectivity index (χ2v) is 6.44. The van der Waals surface area contributed by atoms with E-state index in [0.29, 0.717) is 5.13 Å². The van der Waals surface area contributed by atoms with Crippen molar-refractivity contribution in [3.05, 3.63) is 11.6 Å². The molecule has 0 radical (unpaired) electrons. The van der Waals surface area contributed by atoms with Crippen molar-refractivity contribution in [2.24, 2.45) is 10.8 Å². The Morgan fingerprint density at radius 1 is 1.33 bits per heavy atom. The second-order valence-electron chi connectivity index (χ2n) is 5.54. The molecule has 0 aliphatic heterocycles. The van der Waals surface area contributed by atoms with Gasteiger partial charge in [0, 0.05) is 17.0 Å². The van der Waals surface area contributed by atoms with Gasteiger partial charge in [0.05, 0.1) is 5.41 Å². The smallest absolute Gasteiger partial charge is 0.309 e. The molecule has 1 aromatic heterocycles. The Balaban J connectivity index is 2.74. The van der Waals surface area contributed by atoms with Crippen LogP contribution in [0.5, 0.6) is 0 Å². The van der Waals surface area contributed by atoms with Crippen LogP contribution in [-0.2, 0) is 9.59 Å². The average molecular weight is 270 g/mol. The minimum Gasteiger partial charge on any atom is -0.481 e. The summed E-state index contributed by atoms with van der Waals surface area (Å²) in [6.45, 7) is 6.71. The zero-order chi connectivity index (χ0) is 14.0. The molecule has 0 bridgehead atoms. The van der Waals surface area contributed by atoms with Crippen molar-refractivity contribution >= 4 is 28.3 Å². The van der Waals surface area contributed by atoms with E-state index in [1.165, 1.54) is 11.3 Å². The molecule has 5 nitrogen and oxygen atoms in total. The van der Waals surface area contributed by atoms with Crippen LogP contribution >= 0.6 is 11.3 Å². The van der Waals surface area contributed by atoms with E-state index in [1.54, 1.807) is 39.3 Å². The lowest BCUT2D eigenvalue weighted by atomic mass is 9.74. The molecule has 0 spiro atoms. The SMILES string of the molecule is CC(C)(CC(C)(C)C(=O)Nc1nccs1)C(=O)O. The van der Waals surface area contributed by atoms with E-state index < -0.39 is 16.8 Å². The van der Waals surface area contributed by atoms with Crippen molar-refractivity contribution in [3.63, 3.8) is 0 Å². The summed E-state index contributed by atoms with van der Waals surface area (Å²) in [6.07, 6.45) is 1.86. The Bertz CT molecular complexity index is 438. The Hall–Kier alpha value is -1.43. The van der Waals surface area contributed by atoms with Crippen LogP contribution in [0, 0.1) is 10.8 Å². The van der Waals surface area contributed by atoms with E-state index in [9.17, 15) is 9.59 Å². The summed E-state index contributed by atoms with van der Waals surface area (Å²) >= 11 is 1.33. The van der Waals surface area contributed by atoms with Crippen LogP contribution in [-0.4, -0.2) is 22.0 Å². The number of hydrogen-bond acceptors (Lipinski definition) is 4. The summed E-state index contributed by atoms with van der Waals surface area (Å²) in [5.74, 6) is -1.12. The third kappa shape index (κ3) is 3.53. The lowest BCUT2D eigenvalue weighted by Gasteiger charge is -2.30. The maximum Gasteiger partial charge on any atom is 0.309 e. The van der Waals surface area contributed by atoms with E-state index in [1.807, 2.05) is 0 Å². The molecule has 1 heterocycles. The molecular formula is C12H18N2O3S. The maximum atomic E-state index is 12.1. The van der Waals surface area contributed by atoms with Crippen LogP contribution in [0.15, 0.2) is 11.6 Å². The summed E-state index contributed by atoms with van der Waals surface area (Å²) in [4.78, 5) is 27.2. The van der Waals surface area contributed by atoms with Gasteiger partial charge in [-0.05, 0) is 20.3 Å². The number of rotatable bonds is 5. The number of carbonyl (C=O) groups is 2. The highest BCUT2D eigenvalue weighted by Gasteiger charge is 2.39. The van der Waals surface area contributed by atoms with Crippen molar-refractivity contribution in [1.82, 2.24) is 4.98 Å². The highest BCUT2D eigenvalue weighted by Crippen LogP contribution is 2.34. The first-order chi connectivity index (χ1) is 8.15. The minimum atomic E-state index is -0.941. The first-order valence-corrected chi connectivity index (χ1v) is 6.47. The largest absolute Gasteiger partial charge is 0.481 e. The zero-order valence-corrected chi connectivity index (χ0v) is 11.8. The number of aromatic nitrogens is 1. The number of carboxylic acid groups (broad SMARTS) is 1. The Morgan fingerprint density at radius 3 is 2.39 bits per heavy atom. The number of nitrogens with one attached hydrogen (secondary N) is 1. The first-order valence-electron chi connectivity index (χ1n) is 5.59. The lowest BCUT2D eigenvalue weighted by Crippen LogP contribution is -2.38. The quantitative estimate of drug-likeness (QED) is 0.862. The van der Waals surface area contributed by atoms with Crippen molar-refractivity contribution in [2.45, 2.75) is 34.1 Å². The van der Waals surface area contributed by atoms with Gasteiger partial charge < -0.3 is 10.4 Å². The van der Waals surface area contributed by atoms with Gasteiger partial charge in [-0.15, -0.1) is 11.3 Å². The van der Waals surface area contributed by atoms with Crippen LogP contribution in [0.1, 0.15) is 34.1 Å². The third-order valence-corrected chi connectivity index (χ3v) is 3.42. The van der Waals surface area contributed by atoms with E-state index >= 15 is 0 Å². The molecule has 18 heavy (non-hydrogen) atoms. The van der Waals surface area contributed by atoms with E-state index in [4.69, 9.17) is 5.11 Å². The third-order valence-electron chi connectivity index (χ3n) is 2.73. The second kappa shape index (κ2) is 5.06. The topological polar surface area (TPSA) is 79.3 Å². The number of amides is 1. The molecule has 6 heteroatoms. The summed E-state index contributed by atoms with van der Waals surface area (Å²) in [7, 11) is 0. The molecule has 2 N–H and O–H groups in total. The first kappa shape index (κ1) is 14.6. The number of aliphatic carboxylic acids is 1. The van der Waals surface area contributed by atoms with E-state index in [-0.39, 0.29) is 12.3 Å². The molecular weight excluding hydrogens is 252 g/mol. The van der Waals surface area contributed by atoms with Gasteiger partial charge in [-0.3, -0.25) is 9.59 Å². The van der Waals surface area contributed by atoms with Gasteiger partial charge in [0.2, 0.25) is 5.91 Å². The van der Waals surface area contributed by atoms with Crippen molar-refractivity contribution in [1.29, 1.82) is 0 Å². The van der Waals surface area contributed by atoms with Crippen molar-refractivity contribution in [3.8, 4) is 0 Å². The summed E-state index contributed by atoms with van der Waals surface area (Å²) in [5, 5.41) is 14.1. The minimum absolute atomic E-state index is 0.216. The molecule has 0 aliphatic carbocycles. The van der Waals surface area contributed by atoms with Crippen LogP contribution < -0.4 is 5.32 Å². The summed E-state index contributed by atoms with van der Waals surface area (Å²) in [6, 6.07) is 0. The number of thiazole rings is 1. The normalized spacial score (nSPS) is 12.2. The maximum absolute atomic E-state index is 12.1. The number of nitrogens with zero attached hydrogens (tertiary/aromatic N) is 1. The highest BCUT2D eigenvalue weighted by molar-refractivity contribution is 7.13. The molecule has 0 fully saturated rings. The Labute approximate surface area is 110 Å². The number of anilines is 1. The lowest BCUT2D eigenvalue weighted by molar-refractivity contribution is -0.149. The summed E-state index contributed by atoms with van der Waals surface area (Å²) < 4.78 is 0. The molecule has 0 unspecified atom stereocenters. The molecule has 0 saturated heterocycles. The molecule has 0 saturated carbocycles. The average Bonchev–Trinajstić information content (AvgIpc) is 2.68. The van der Waals surface area contributed by atoms with Crippen molar-refractivity contribution < 1.29 is 14.7 Å². The zero-order valence-electron chi connectivity index (χ0n) is 11.0. The fourth-order valence-electron chi connectivity index (χ4n) is 1.81. The monoisotopic (exact) mass is 270 g/mol.